The van der Waals surface area contributed by atoms with E-state index in [1.807, 2.05) is 34.9 Å². The third-order valence-corrected chi connectivity index (χ3v) is 6.78. The SMILES string of the molecule is CC(Nc1nc(Cl)nc2nc(COc3ccccc3)n(Cc3ccc(C(F)(F)F)cc3)c12)C1CCC1. The maximum atomic E-state index is 13.1. The van der Waals surface area contributed by atoms with Crippen molar-refractivity contribution in [1.29, 1.82) is 0 Å². The molecular weight excluding hydrogens is 491 g/mol. The molecule has 0 radical (unpaired) electrons. The van der Waals surface area contributed by atoms with Gasteiger partial charge in [-0.05, 0) is 67.1 Å². The topological polar surface area (TPSA) is 64.9 Å². The Balaban J connectivity index is 1.53. The van der Waals surface area contributed by atoms with Crippen LogP contribution in [0.5, 0.6) is 5.75 Å². The van der Waals surface area contributed by atoms with Crippen LogP contribution in [0, 0.1) is 5.92 Å². The summed E-state index contributed by atoms with van der Waals surface area (Å²) in [6.07, 6.45) is -0.883. The van der Waals surface area contributed by atoms with Crippen LogP contribution in [0.3, 0.4) is 0 Å². The summed E-state index contributed by atoms with van der Waals surface area (Å²) in [5.74, 6) is 2.33. The van der Waals surface area contributed by atoms with Gasteiger partial charge in [0.2, 0.25) is 5.28 Å². The molecule has 1 saturated carbocycles. The van der Waals surface area contributed by atoms with Crippen LogP contribution >= 0.6 is 11.6 Å². The number of imidazole rings is 1. The zero-order chi connectivity index (χ0) is 25.3. The lowest BCUT2D eigenvalue weighted by Gasteiger charge is -2.32. The number of hydrogen-bond donors (Lipinski definition) is 1. The number of alkyl halides is 3. The first kappa shape index (κ1) is 24.4. The Labute approximate surface area is 211 Å². The number of para-hydroxylation sites is 1. The largest absolute Gasteiger partial charge is 0.486 e. The van der Waals surface area contributed by atoms with E-state index in [1.54, 1.807) is 0 Å². The Hall–Kier alpha value is -3.33. The summed E-state index contributed by atoms with van der Waals surface area (Å²) in [5, 5.41) is 3.55. The minimum absolute atomic E-state index is 0.0699. The van der Waals surface area contributed by atoms with Gasteiger partial charge in [-0.2, -0.15) is 23.1 Å². The van der Waals surface area contributed by atoms with E-state index in [4.69, 9.17) is 16.3 Å². The molecule has 1 atom stereocenters. The van der Waals surface area contributed by atoms with E-state index >= 15 is 0 Å². The number of halogens is 4. The maximum absolute atomic E-state index is 13.1. The summed E-state index contributed by atoms with van der Waals surface area (Å²) in [4.78, 5) is 13.5. The zero-order valence-electron chi connectivity index (χ0n) is 19.6. The van der Waals surface area contributed by atoms with Gasteiger partial charge in [0.1, 0.15) is 23.7 Å². The van der Waals surface area contributed by atoms with E-state index in [-0.39, 0.29) is 24.5 Å². The standard InChI is InChI=1S/C26H25ClF3N5O/c1-16(18-6-5-7-18)31-23-22-24(34-25(27)33-23)32-21(15-36-20-8-3-2-4-9-20)35(22)14-17-10-12-19(13-11-17)26(28,29)30/h2-4,8-13,16,18H,5-7,14-15H2,1H3,(H,31,33,34). The third kappa shape index (κ3) is 5.26. The second-order valence-corrected chi connectivity index (χ2v) is 9.39. The van der Waals surface area contributed by atoms with E-state index < -0.39 is 11.7 Å². The summed E-state index contributed by atoms with van der Waals surface area (Å²) in [6, 6.07) is 14.6. The summed E-state index contributed by atoms with van der Waals surface area (Å²) in [6.45, 7) is 2.51. The number of aromatic nitrogens is 4. The van der Waals surface area contributed by atoms with Crippen LogP contribution in [0.2, 0.25) is 5.28 Å². The first-order valence-electron chi connectivity index (χ1n) is 11.8. The maximum Gasteiger partial charge on any atom is 0.416 e. The molecule has 4 aromatic rings. The lowest BCUT2D eigenvalue weighted by molar-refractivity contribution is -0.137. The van der Waals surface area contributed by atoms with Crippen molar-refractivity contribution in [3.63, 3.8) is 0 Å². The molecule has 2 aromatic heterocycles. The summed E-state index contributed by atoms with van der Waals surface area (Å²) in [5.41, 5.74) is 1.02. The van der Waals surface area contributed by atoms with Crippen molar-refractivity contribution < 1.29 is 17.9 Å². The number of nitrogens with one attached hydrogen (secondary N) is 1. The average Bonchev–Trinajstić information content (AvgIpc) is 3.14. The first-order chi connectivity index (χ1) is 17.3. The van der Waals surface area contributed by atoms with Crippen molar-refractivity contribution in [3.05, 3.63) is 76.8 Å². The van der Waals surface area contributed by atoms with Gasteiger partial charge >= 0.3 is 6.18 Å². The van der Waals surface area contributed by atoms with Gasteiger partial charge < -0.3 is 14.6 Å². The monoisotopic (exact) mass is 515 g/mol. The van der Waals surface area contributed by atoms with Crippen LogP contribution in [0.15, 0.2) is 54.6 Å². The van der Waals surface area contributed by atoms with Gasteiger partial charge in [0.15, 0.2) is 11.5 Å². The lowest BCUT2D eigenvalue weighted by atomic mass is 9.80. The van der Waals surface area contributed by atoms with Crippen molar-refractivity contribution in [1.82, 2.24) is 19.5 Å². The van der Waals surface area contributed by atoms with Gasteiger partial charge in [-0.3, -0.25) is 0 Å². The molecule has 10 heteroatoms. The van der Waals surface area contributed by atoms with E-state index in [2.05, 4.69) is 27.2 Å². The van der Waals surface area contributed by atoms with Crippen molar-refractivity contribution >= 4 is 28.6 Å². The Bertz CT molecular complexity index is 1340. The molecule has 2 heterocycles. The molecule has 1 aliphatic carbocycles. The molecule has 5 rings (SSSR count). The third-order valence-electron chi connectivity index (χ3n) is 6.61. The van der Waals surface area contributed by atoms with Gasteiger partial charge in [-0.1, -0.05) is 36.8 Å². The fourth-order valence-corrected chi connectivity index (χ4v) is 4.52. The lowest BCUT2D eigenvalue weighted by Crippen LogP contribution is -2.31. The minimum atomic E-state index is -4.39. The number of anilines is 1. The summed E-state index contributed by atoms with van der Waals surface area (Å²) in [7, 11) is 0. The number of rotatable bonds is 8. The number of nitrogens with zero attached hydrogens (tertiary/aromatic N) is 4. The van der Waals surface area contributed by atoms with Crippen molar-refractivity contribution in [2.75, 3.05) is 5.32 Å². The van der Waals surface area contributed by atoms with Crippen molar-refractivity contribution in [2.24, 2.45) is 5.92 Å². The predicted octanol–water partition coefficient (Wildman–Crippen LogP) is 6.73. The Morgan fingerprint density at radius 2 is 1.78 bits per heavy atom. The Morgan fingerprint density at radius 1 is 1.06 bits per heavy atom. The van der Waals surface area contributed by atoms with Crippen LogP contribution in [-0.4, -0.2) is 25.6 Å². The molecule has 36 heavy (non-hydrogen) atoms. The molecule has 1 unspecified atom stereocenters. The molecule has 1 aliphatic rings. The molecular formula is C26H25ClF3N5O. The van der Waals surface area contributed by atoms with Gasteiger partial charge in [-0.25, -0.2) is 4.98 Å². The van der Waals surface area contributed by atoms with Gasteiger partial charge in [0, 0.05) is 12.6 Å². The second-order valence-electron chi connectivity index (χ2n) is 9.05. The highest BCUT2D eigenvalue weighted by Crippen LogP contribution is 2.33. The molecule has 0 aliphatic heterocycles. The van der Waals surface area contributed by atoms with E-state index in [0.717, 1.165) is 25.0 Å². The highest BCUT2D eigenvalue weighted by molar-refractivity contribution is 6.28. The van der Waals surface area contributed by atoms with E-state index in [0.29, 0.717) is 40.0 Å². The average molecular weight is 516 g/mol. The highest BCUT2D eigenvalue weighted by Gasteiger charge is 2.30. The quantitative estimate of drug-likeness (QED) is 0.264. The molecule has 1 fully saturated rings. The number of fused-ring (bicyclic) bond motifs is 1. The predicted molar refractivity (Wildman–Crippen MR) is 132 cm³/mol. The summed E-state index contributed by atoms with van der Waals surface area (Å²) < 4.78 is 47.0. The smallest absolute Gasteiger partial charge is 0.416 e. The normalized spacial score (nSPS) is 15.0. The number of benzene rings is 2. The zero-order valence-corrected chi connectivity index (χ0v) is 20.4. The molecule has 0 saturated heterocycles. The van der Waals surface area contributed by atoms with Crippen LogP contribution < -0.4 is 10.1 Å². The Kier molecular flexibility index (Phi) is 6.75. The minimum Gasteiger partial charge on any atom is -0.486 e. The highest BCUT2D eigenvalue weighted by atomic mass is 35.5. The summed E-state index contributed by atoms with van der Waals surface area (Å²) >= 11 is 6.24. The Morgan fingerprint density at radius 3 is 2.42 bits per heavy atom. The van der Waals surface area contributed by atoms with Crippen molar-refractivity contribution in [2.45, 2.75) is 51.6 Å². The van der Waals surface area contributed by atoms with Crippen LogP contribution in [0.1, 0.15) is 43.1 Å². The molecule has 2 aromatic carbocycles. The van der Waals surface area contributed by atoms with Gasteiger partial charge in [0.25, 0.3) is 0 Å². The number of hydrogen-bond acceptors (Lipinski definition) is 5. The van der Waals surface area contributed by atoms with E-state index in [1.165, 1.54) is 18.6 Å². The first-order valence-corrected chi connectivity index (χ1v) is 12.2. The fraction of sp³-hybridized carbons (Fsp3) is 0.346. The van der Waals surface area contributed by atoms with Crippen LogP contribution in [0.4, 0.5) is 19.0 Å². The van der Waals surface area contributed by atoms with Gasteiger partial charge in [-0.15, -0.1) is 0 Å². The molecule has 0 spiro atoms. The fourth-order valence-electron chi connectivity index (χ4n) is 4.36. The van der Waals surface area contributed by atoms with Crippen molar-refractivity contribution in [3.8, 4) is 5.75 Å². The molecule has 0 amide bonds. The molecule has 6 nitrogen and oxygen atoms in total. The van der Waals surface area contributed by atoms with E-state index in [9.17, 15) is 13.2 Å². The number of ether oxygens (including phenoxy) is 1. The van der Waals surface area contributed by atoms with Crippen LogP contribution in [0.25, 0.3) is 11.2 Å². The second kappa shape index (κ2) is 9.97. The molecule has 188 valence electrons. The van der Waals surface area contributed by atoms with Gasteiger partial charge in [0.05, 0.1) is 5.56 Å². The molecule has 0 bridgehead atoms. The van der Waals surface area contributed by atoms with Crippen LogP contribution in [-0.2, 0) is 19.3 Å². The molecule has 1 N–H and O–H groups in total.